The van der Waals surface area contributed by atoms with Crippen molar-refractivity contribution in [1.29, 1.82) is 0 Å². The number of aliphatic hydroxyl groups excluding tert-OH is 1. The minimum absolute atomic E-state index is 0.184. The Morgan fingerprint density at radius 1 is 1.50 bits per heavy atom. The lowest BCUT2D eigenvalue weighted by molar-refractivity contribution is -0.385. The van der Waals surface area contributed by atoms with Gasteiger partial charge in [-0.25, -0.2) is 0 Å². The summed E-state index contributed by atoms with van der Waals surface area (Å²) in [6.45, 7) is -0.184. The quantitative estimate of drug-likeness (QED) is 0.566. The number of nitrogens with zero attached hydrogens (tertiary/aromatic N) is 2. The second-order valence-corrected chi connectivity index (χ2v) is 5.12. The Labute approximate surface area is 134 Å². The first kappa shape index (κ1) is 16.2. The number of aliphatic hydroxyl groups is 1. The van der Waals surface area contributed by atoms with Gasteiger partial charge in [0.2, 0.25) is 5.69 Å². The van der Waals surface area contributed by atoms with Gasteiger partial charge in [0.25, 0.3) is 5.91 Å². The Morgan fingerprint density at radius 2 is 2.23 bits per heavy atom. The SMILES string of the molecule is O=C(NCC(O)c1ccc(Cl)cc1Cl)c1[nH]ncc1[N+](=O)[O-]. The Morgan fingerprint density at radius 3 is 2.86 bits per heavy atom. The average molecular weight is 345 g/mol. The molecular weight excluding hydrogens is 335 g/mol. The van der Waals surface area contributed by atoms with Gasteiger partial charge in [-0.2, -0.15) is 5.10 Å². The molecule has 0 saturated carbocycles. The molecule has 0 fully saturated rings. The van der Waals surface area contributed by atoms with Crippen LogP contribution in [0.3, 0.4) is 0 Å². The largest absolute Gasteiger partial charge is 0.387 e. The number of nitro groups is 1. The summed E-state index contributed by atoms with van der Waals surface area (Å²) in [5.74, 6) is -0.756. The molecule has 22 heavy (non-hydrogen) atoms. The van der Waals surface area contributed by atoms with Gasteiger partial charge in [0.15, 0.2) is 0 Å². The third-order valence-electron chi connectivity index (χ3n) is 2.82. The van der Waals surface area contributed by atoms with Crippen molar-refractivity contribution >= 4 is 34.8 Å². The van der Waals surface area contributed by atoms with Gasteiger partial charge < -0.3 is 10.4 Å². The summed E-state index contributed by atoms with van der Waals surface area (Å²) in [5, 5.41) is 29.4. The van der Waals surface area contributed by atoms with E-state index in [1.54, 1.807) is 6.07 Å². The van der Waals surface area contributed by atoms with Gasteiger partial charge in [-0.15, -0.1) is 0 Å². The zero-order valence-corrected chi connectivity index (χ0v) is 12.4. The molecule has 1 atom stereocenters. The molecule has 2 rings (SSSR count). The highest BCUT2D eigenvalue weighted by Crippen LogP contribution is 2.26. The standard InChI is InChI=1S/C12H10Cl2N4O4/c13-6-1-2-7(8(14)3-6)10(19)5-15-12(20)11-9(18(21)22)4-16-17-11/h1-4,10,19H,5H2,(H,15,20)(H,16,17). The van der Waals surface area contributed by atoms with Crippen LogP contribution in [0.15, 0.2) is 24.4 Å². The van der Waals surface area contributed by atoms with Crippen molar-refractivity contribution in [2.45, 2.75) is 6.10 Å². The summed E-state index contributed by atoms with van der Waals surface area (Å²) in [6.07, 6.45) is -0.155. The highest BCUT2D eigenvalue weighted by Gasteiger charge is 2.23. The predicted octanol–water partition coefficient (Wildman–Crippen LogP) is 2.09. The van der Waals surface area contributed by atoms with E-state index < -0.39 is 22.6 Å². The van der Waals surface area contributed by atoms with Crippen LogP contribution in [0.25, 0.3) is 0 Å². The number of hydrogen-bond donors (Lipinski definition) is 3. The molecule has 0 bridgehead atoms. The Bertz CT molecular complexity index is 719. The van der Waals surface area contributed by atoms with Crippen molar-refractivity contribution in [3.8, 4) is 0 Å². The molecular formula is C12H10Cl2N4O4. The van der Waals surface area contributed by atoms with E-state index in [2.05, 4.69) is 15.5 Å². The van der Waals surface area contributed by atoms with Crippen molar-refractivity contribution in [3.63, 3.8) is 0 Å². The van der Waals surface area contributed by atoms with Gasteiger partial charge in [-0.1, -0.05) is 29.3 Å². The van der Waals surface area contributed by atoms with E-state index in [-0.39, 0.29) is 17.3 Å². The van der Waals surface area contributed by atoms with Gasteiger partial charge in [0, 0.05) is 22.2 Å². The molecule has 116 valence electrons. The molecule has 0 spiro atoms. The van der Waals surface area contributed by atoms with Gasteiger partial charge in [-0.3, -0.25) is 20.0 Å². The molecule has 1 aromatic heterocycles. The maximum atomic E-state index is 11.9. The van der Waals surface area contributed by atoms with E-state index >= 15 is 0 Å². The van der Waals surface area contributed by atoms with Crippen molar-refractivity contribution in [3.05, 3.63) is 55.8 Å². The van der Waals surface area contributed by atoms with Crippen molar-refractivity contribution < 1.29 is 14.8 Å². The van der Waals surface area contributed by atoms with Gasteiger partial charge in [0.05, 0.1) is 11.0 Å². The molecule has 1 aromatic carbocycles. The lowest BCUT2D eigenvalue weighted by Gasteiger charge is -2.13. The van der Waals surface area contributed by atoms with Crippen LogP contribution in [-0.4, -0.2) is 32.7 Å². The van der Waals surface area contributed by atoms with E-state index in [1.807, 2.05) is 0 Å². The fraction of sp³-hybridized carbons (Fsp3) is 0.167. The van der Waals surface area contributed by atoms with Crippen LogP contribution in [0.2, 0.25) is 10.0 Å². The van der Waals surface area contributed by atoms with E-state index in [9.17, 15) is 20.0 Å². The Hall–Kier alpha value is -2.16. The van der Waals surface area contributed by atoms with Crippen molar-refractivity contribution in [2.75, 3.05) is 6.54 Å². The number of rotatable bonds is 5. The maximum absolute atomic E-state index is 11.9. The van der Waals surface area contributed by atoms with Crippen LogP contribution in [0.1, 0.15) is 22.2 Å². The molecule has 10 heteroatoms. The molecule has 0 aliphatic rings. The number of nitrogens with one attached hydrogen (secondary N) is 2. The molecule has 0 aliphatic heterocycles. The first-order chi connectivity index (χ1) is 10.4. The number of aromatic amines is 1. The second-order valence-electron chi connectivity index (χ2n) is 4.28. The molecule has 2 aromatic rings. The molecule has 0 saturated heterocycles. The number of aromatic nitrogens is 2. The minimum atomic E-state index is -1.09. The predicted molar refractivity (Wildman–Crippen MR) is 79.0 cm³/mol. The number of hydrogen-bond acceptors (Lipinski definition) is 5. The lowest BCUT2D eigenvalue weighted by Crippen LogP contribution is -2.29. The zero-order chi connectivity index (χ0) is 16.3. The topological polar surface area (TPSA) is 121 Å². The smallest absolute Gasteiger partial charge is 0.319 e. The lowest BCUT2D eigenvalue weighted by atomic mass is 10.1. The summed E-state index contributed by atoms with van der Waals surface area (Å²) >= 11 is 11.7. The van der Waals surface area contributed by atoms with E-state index in [0.29, 0.717) is 10.6 Å². The number of carbonyl (C=O) groups is 1. The Kier molecular flexibility index (Phi) is 4.96. The normalized spacial score (nSPS) is 12.0. The van der Waals surface area contributed by atoms with Gasteiger partial charge in [0.1, 0.15) is 6.20 Å². The first-order valence-corrected chi connectivity index (χ1v) is 6.74. The molecule has 0 aliphatic carbocycles. The van der Waals surface area contributed by atoms with Crippen LogP contribution >= 0.6 is 23.2 Å². The summed E-state index contributed by atoms with van der Waals surface area (Å²) in [7, 11) is 0. The molecule has 1 heterocycles. The van der Waals surface area contributed by atoms with Crippen LogP contribution in [0, 0.1) is 10.1 Å². The summed E-state index contributed by atoms with van der Waals surface area (Å²) < 4.78 is 0. The van der Waals surface area contributed by atoms with E-state index in [1.165, 1.54) is 12.1 Å². The third kappa shape index (κ3) is 3.53. The van der Waals surface area contributed by atoms with Crippen LogP contribution < -0.4 is 5.32 Å². The molecule has 8 nitrogen and oxygen atoms in total. The van der Waals surface area contributed by atoms with Crippen LogP contribution in [0.5, 0.6) is 0 Å². The molecule has 1 unspecified atom stereocenters. The Balaban J connectivity index is 2.04. The number of carbonyl (C=O) groups excluding carboxylic acids is 1. The third-order valence-corrected chi connectivity index (χ3v) is 3.38. The fourth-order valence-electron chi connectivity index (χ4n) is 1.74. The molecule has 1 amide bonds. The number of amides is 1. The second kappa shape index (κ2) is 6.73. The van der Waals surface area contributed by atoms with E-state index in [0.717, 1.165) is 6.20 Å². The number of H-pyrrole nitrogens is 1. The van der Waals surface area contributed by atoms with Crippen LogP contribution in [0.4, 0.5) is 5.69 Å². The highest BCUT2D eigenvalue weighted by molar-refractivity contribution is 6.35. The minimum Gasteiger partial charge on any atom is -0.387 e. The highest BCUT2D eigenvalue weighted by atomic mass is 35.5. The van der Waals surface area contributed by atoms with Gasteiger partial charge >= 0.3 is 5.69 Å². The average Bonchev–Trinajstić information content (AvgIpc) is 2.94. The summed E-state index contributed by atoms with van der Waals surface area (Å²) in [4.78, 5) is 21.8. The number of halogens is 2. The van der Waals surface area contributed by atoms with Crippen molar-refractivity contribution in [2.24, 2.45) is 0 Å². The zero-order valence-electron chi connectivity index (χ0n) is 10.9. The first-order valence-electron chi connectivity index (χ1n) is 5.99. The summed E-state index contributed by atoms with van der Waals surface area (Å²) in [6, 6.07) is 4.54. The van der Waals surface area contributed by atoms with E-state index in [4.69, 9.17) is 23.2 Å². The summed E-state index contributed by atoms with van der Waals surface area (Å²) in [5.41, 5.74) is -0.360. The monoisotopic (exact) mass is 344 g/mol. The molecule has 3 N–H and O–H groups in total. The van der Waals surface area contributed by atoms with Gasteiger partial charge in [-0.05, 0) is 12.1 Å². The number of benzene rings is 1. The maximum Gasteiger partial charge on any atom is 0.319 e. The fourth-order valence-corrected chi connectivity index (χ4v) is 2.28. The van der Waals surface area contributed by atoms with Crippen LogP contribution in [-0.2, 0) is 0 Å². The molecule has 0 radical (unpaired) electrons. The van der Waals surface area contributed by atoms with Crippen molar-refractivity contribution in [1.82, 2.24) is 15.5 Å².